The van der Waals surface area contributed by atoms with Crippen LogP contribution in [-0.2, 0) is 9.53 Å². The highest BCUT2D eigenvalue weighted by Crippen LogP contribution is 2.22. The molecule has 4 heteroatoms. The highest BCUT2D eigenvalue weighted by atomic mass is 16.5. The van der Waals surface area contributed by atoms with E-state index in [1.165, 1.54) is 13.2 Å². The Hall–Kier alpha value is -2.49. The van der Waals surface area contributed by atoms with Gasteiger partial charge in [-0.2, -0.15) is 10.2 Å². The van der Waals surface area contributed by atoms with Gasteiger partial charge in [0.05, 0.1) is 19.5 Å². The van der Waals surface area contributed by atoms with E-state index < -0.39 is 5.97 Å². The number of esters is 1. The lowest BCUT2D eigenvalue weighted by Crippen LogP contribution is -1.99. The minimum atomic E-state index is -0.398. The topological polar surface area (TPSA) is 52.1 Å². The van der Waals surface area contributed by atoms with Gasteiger partial charge in [0, 0.05) is 11.6 Å². The van der Waals surface area contributed by atoms with Crippen molar-refractivity contribution in [1.82, 2.24) is 10.2 Å². The molecular weight excluding hydrogens is 228 g/mol. The van der Waals surface area contributed by atoms with Gasteiger partial charge in [0.25, 0.3) is 0 Å². The first kappa shape index (κ1) is 12.0. The molecule has 0 amide bonds. The third-order valence-corrected chi connectivity index (χ3v) is 2.44. The summed E-state index contributed by atoms with van der Waals surface area (Å²) < 4.78 is 4.67. The van der Waals surface area contributed by atoms with Gasteiger partial charge in [0.2, 0.25) is 0 Å². The van der Waals surface area contributed by atoms with Crippen LogP contribution < -0.4 is 0 Å². The van der Waals surface area contributed by atoms with Crippen molar-refractivity contribution in [2.24, 2.45) is 0 Å². The summed E-state index contributed by atoms with van der Waals surface area (Å²) in [6.45, 7) is 0. The van der Waals surface area contributed by atoms with Crippen molar-refractivity contribution in [1.29, 1.82) is 0 Å². The molecular formula is C14H12N2O2. The van der Waals surface area contributed by atoms with Crippen molar-refractivity contribution < 1.29 is 9.53 Å². The molecule has 0 aliphatic rings. The summed E-state index contributed by atoms with van der Waals surface area (Å²) in [5, 5.41) is 7.55. The summed E-state index contributed by atoms with van der Waals surface area (Å²) in [5.41, 5.74) is 2.51. The van der Waals surface area contributed by atoms with Crippen LogP contribution in [0.3, 0.4) is 0 Å². The van der Waals surface area contributed by atoms with Crippen LogP contribution in [0.15, 0.2) is 54.9 Å². The molecule has 1 aromatic heterocycles. The number of carbonyl (C=O) groups excluding carboxylic acids is 1. The van der Waals surface area contributed by atoms with E-state index in [-0.39, 0.29) is 0 Å². The molecule has 0 radical (unpaired) electrons. The molecule has 0 bridgehead atoms. The highest BCUT2D eigenvalue weighted by molar-refractivity contribution is 5.96. The molecule has 18 heavy (non-hydrogen) atoms. The minimum absolute atomic E-state index is 0.398. The molecule has 2 aromatic rings. The fraction of sp³-hybridized carbons (Fsp3) is 0.0714. The molecule has 2 rings (SSSR count). The van der Waals surface area contributed by atoms with E-state index in [0.717, 1.165) is 16.7 Å². The van der Waals surface area contributed by atoms with Crippen LogP contribution in [0, 0.1) is 0 Å². The van der Waals surface area contributed by atoms with Gasteiger partial charge >= 0.3 is 5.97 Å². The second kappa shape index (κ2) is 5.72. The molecule has 0 atom stereocenters. The van der Waals surface area contributed by atoms with Crippen molar-refractivity contribution in [2.45, 2.75) is 0 Å². The molecule has 4 nitrogen and oxygen atoms in total. The Labute approximate surface area is 105 Å². The fourth-order valence-electron chi connectivity index (χ4n) is 1.58. The van der Waals surface area contributed by atoms with Gasteiger partial charge in [0.15, 0.2) is 0 Å². The van der Waals surface area contributed by atoms with Crippen molar-refractivity contribution in [3.63, 3.8) is 0 Å². The molecule has 0 spiro atoms. The Balaban J connectivity index is 2.49. The maximum atomic E-state index is 11.4. The zero-order chi connectivity index (χ0) is 12.8. The average molecular weight is 240 g/mol. The second-order valence-corrected chi connectivity index (χ2v) is 3.58. The Morgan fingerprint density at radius 2 is 1.89 bits per heavy atom. The third-order valence-electron chi connectivity index (χ3n) is 2.44. The minimum Gasteiger partial charge on any atom is -0.466 e. The first-order valence-electron chi connectivity index (χ1n) is 5.43. The van der Waals surface area contributed by atoms with Gasteiger partial charge in [-0.1, -0.05) is 30.3 Å². The van der Waals surface area contributed by atoms with Crippen LogP contribution in [-0.4, -0.2) is 23.3 Å². The summed E-state index contributed by atoms with van der Waals surface area (Å²) >= 11 is 0. The smallest absolute Gasteiger partial charge is 0.331 e. The number of carbonyl (C=O) groups is 1. The van der Waals surface area contributed by atoms with Crippen molar-refractivity contribution in [3.8, 4) is 0 Å². The van der Waals surface area contributed by atoms with Gasteiger partial charge in [-0.15, -0.1) is 0 Å². The highest BCUT2D eigenvalue weighted by Gasteiger charge is 2.07. The maximum absolute atomic E-state index is 11.4. The number of rotatable bonds is 3. The van der Waals surface area contributed by atoms with Crippen molar-refractivity contribution in [3.05, 3.63) is 66.0 Å². The SMILES string of the molecule is COC(=O)/C=C(\c1ccccc1)c1ccnnc1. The maximum Gasteiger partial charge on any atom is 0.331 e. The molecule has 1 aromatic carbocycles. The predicted molar refractivity (Wildman–Crippen MR) is 67.6 cm³/mol. The molecule has 0 aliphatic heterocycles. The first-order chi connectivity index (χ1) is 8.81. The molecule has 90 valence electrons. The van der Waals surface area contributed by atoms with Crippen molar-refractivity contribution in [2.75, 3.05) is 7.11 Å². The van der Waals surface area contributed by atoms with E-state index >= 15 is 0 Å². The van der Waals surface area contributed by atoms with Crippen LogP contribution in [0.4, 0.5) is 0 Å². The Morgan fingerprint density at radius 1 is 1.11 bits per heavy atom. The van der Waals surface area contributed by atoms with E-state index in [9.17, 15) is 4.79 Å². The summed E-state index contributed by atoms with van der Waals surface area (Å²) in [6, 6.07) is 11.4. The fourth-order valence-corrected chi connectivity index (χ4v) is 1.58. The largest absolute Gasteiger partial charge is 0.466 e. The Bertz CT molecular complexity index is 509. The number of hydrogen-bond acceptors (Lipinski definition) is 4. The standard InChI is InChI=1S/C14H12N2O2/c1-18-14(17)9-13(11-5-3-2-4-6-11)12-7-8-15-16-10-12/h2-10H,1H3/b13-9+. The normalized spacial score (nSPS) is 11.1. The lowest BCUT2D eigenvalue weighted by atomic mass is 9.99. The summed E-state index contributed by atoms with van der Waals surface area (Å²) in [6.07, 6.45) is 4.65. The number of benzene rings is 1. The molecule has 0 aliphatic carbocycles. The average Bonchev–Trinajstić information content (AvgIpc) is 2.46. The number of hydrogen-bond donors (Lipinski definition) is 0. The molecule has 0 saturated carbocycles. The van der Waals surface area contributed by atoms with Gasteiger partial charge < -0.3 is 4.74 Å². The third kappa shape index (κ3) is 2.79. The monoisotopic (exact) mass is 240 g/mol. The molecule has 1 heterocycles. The van der Waals surface area contributed by atoms with Gasteiger partial charge in [-0.3, -0.25) is 0 Å². The first-order valence-corrected chi connectivity index (χ1v) is 5.43. The van der Waals surface area contributed by atoms with E-state index in [2.05, 4.69) is 14.9 Å². The predicted octanol–water partition coefficient (Wildman–Crippen LogP) is 2.08. The number of ether oxygens (including phenoxy) is 1. The van der Waals surface area contributed by atoms with Crippen LogP contribution >= 0.6 is 0 Å². The van der Waals surface area contributed by atoms with E-state index in [1.54, 1.807) is 18.5 Å². The number of nitrogens with zero attached hydrogens (tertiary/aromatic N) is 2. The number of aromatic nitrogens is 2. The van der Waals surface area contributed by atoms with Crippen LogP contribution in [0.25, 0.3) is 5.57 Å². The lowest BCUT2D eigenvalue weighted by molar-refractivity contribution is -0.134. The lowest BCUT2D eigenvalue weighted by Gasteiger charge is -2.06. The van der Waals surface area contributed by atoms with Crippen LogP contribution in [0.5, 0.6) is 0 Å². The van der Waals surface area contributed by atoms with Crippen molar-refractivity contribution >= 4 is 11.5 Å². The zero-order valence-corrected chi connectivity index (χ0v) is 9.91. The van der Waals surface area contributed by atoms with E-state index in [4.69, 9.17) is 0 Å². The molecule has 0 N–H and O–H groups in total. The Morgan fingerprint density at radius 3 is 2.50 bits per heavy atom. The van der Waals surface area contributed by atoms with Crippen LogP contribution in [0.2, 0.25) is 0 Å². The van der Waals surface area contributed by atoms with Gasteiger partial charge in [-0.05, 0) is 17.2 Å². The summed E-state index contributed by atoms with van der Waals surface area (Å²) in [4.78, 5) is 11.4. The summed E-state index contributed by atoms with van der Waals surface area (Å²) in [7, 11) is 1.35. The van der Waals surface area contributed by atoms with Gasteiger partial charge in [-0.25, -0.2) is 4.79 Å². The zero-order valence-electron chi connectivity index (χ0n) is 9.91. The van der Waals surface area contributed by atoms with E-state index in [0.29, 0.717) is 0 Å². The summed E-state index contributed by atoms with van der Waals surface area (Å²) in [5.74, 6) is -0.398. The quantitative estimate of drug-likeness (QED) is 0.609. The molecule has 0 saturated heterocycles. The van der Waals surface area contributed by atoms with Crippen LogP contribution in [0.1, 0.15) is 11.1 Å². The number of methoxy groups -OCH3 is 1. The van der Waals surface area contributed by atoms with Gasteiger partial charge in [0.1, 0.15) is 0 Å². The second-order valence-electron chi connectivity index (χ2n) is 3.58. The molecule has 0 unspecified atom stereocenters. The molecule has 0 fully saturated rings. The Kier molecular flexibility index (Phi) is 3.81. The van der Waals surface area contributed by atoms with E-state index in [1.807, 2.05) is 30.3 Å².